The highest BCUT2D eigenvalue weighted by Crippen LogP contribution is 2.33. The van der Waals surface area contributed by atoms with Crippen LogP contribution in [0.3, 0.4) is 0 Å². The van der Waals surface area contributed by atoms with Crippen LogP contribution >= 0.6 is 0 Å². The van der Waals surface area contributed by atoms with Crippen molar-refractivity contribution in [1.82, 2.24) is 0 Å². The molecule has 1 aromatic rings. The zero-order chi connectivity index (χ0) is 10.8. The monoisotopic (exact) mass is 206 g/mol. The van der Waals surface area contributed by atoms with Gasteiger partial charge in [-0.25, -0.2) is 0 Å². The van der Waals surface area contributed by atoms with E-state index >= 15 is 0 Å². The standard InChI is InChI=1S/C13H18O2/c1-9-7-10(2)13(8-9)15-12-5-3-11(14)4-6-12/h3-6,9-10,13-14H,7-8H2,1-2H3. The molecule has 0 amide bonds. The van der Waals surface area contributed by atoms with Gasteiger partial charge < -0.3 is 9.84 Å². The van der Waals surface area contributed by atoms with Crippen molar-refractivity contribution in [3.05, 3.63) is 24.3 Å². The molecular weight excluding hydrogens is 188 g/mol. The maximum atomic E-state index is 9.16. The smallest absolute Gasteiger partial charge is 0.120 e. The Labute approximate surface area is 90.9 Å². The van der Waals surface area contributed by atoms with Crippen molar-refractivity contribution >= 4 is 0 Å². The van der Waals surface area contributed by atoms with Crippen molar-refractivity contribution in [1.29, 1.82) is 0 Å². The predicted molar refractivity (Wildman–Crippen MR) is 60.1 cm³/mol. The molecule has 0 aliphatic heterocycles. The summed E-state index contributed by atoms with van der Waals surface area (Å²) < 4.78 is 5.90. The Morgan fingerprint density at radius 2 is 1.80 bits per heavy atom. The van der Waals surface area contributed by atoms with Gasteiger partial charge in [0.2, 0.25) is 0 Å². The molecule has 0 saturated heterocycles. The van der Waals surface area contributed by atoms with Crippen LogP contribution in [0.1, 0.15) is 26.7 Å². The van der Waals surface area contributed by atoms with E-state index in [2.05, 4.69) is 13.8 Å². The van der Waals surface area contributed by atoms with Gasteiger partial charge in [-0.1, -0.05) is 13.8 Å². The van der Waals surface area contributed by atoms with Crippen LogP contribution in [-0.4, -0.2) is 11.2 Å². The highest BCUT2D eigenvalue weighted by atomic mass is 16.5. The Hall–Kier alpha value is -1.18. The number of aromatic hydroxyl groups is 1. The predicted octanol–water partition coefficient (Wildman–Crippen LogP) is 3.21. The highest BCUT2D eigenvalue weighted by molar-refractivity contribution is 5.30. The van der Waals surface area contributed by atoms with E-state index in [0.717, 1.165) is 18.1 Å². The summed E-state index contributed by atoms with van der Waals surface area (Å²) in [5, 5.41) is 9.16. The molecule has 1 saturated carbocycles. The Morgan fingerprint density at radius 3 is 2.33 bits per heavy atom. The maximum absolute atomic E-state index is 9.16. The first-order valence-electron chi connectivity index (χ1n) is 5.61. The van der Waals surface area contributed by atoms with Crippen LogP contribution in [-0.2, 0) is 0 Å². The number of benzene rings is 1. The summed E-state index contributed by atoms with van der Waals surface area (Å²) in [7, 11) is 0. The van der Waals surface area contributed by atoms with Crippen LogP contribution in [0.5, 0.6) is 11.5 Å². The number of hydrogen-bond donors (Lipinski definition) is 1. The molecular formula is C13H18O2. The minimum Gasteiger partial charge on any atom is -0.508 e. The second-order valence-electron chi connectivity index (χ2n) is 4.70. The van der Waals surface area contributed by atoms with Crippen molar-refractivity contribution in [3.63, 3.8) is 0 Å². The molecule has 0 radical (unpaired) electrons. The summed E-state index contributed by atoms with van der Waals surface area (Å²) in [6, 6.07) is 6.98. The molecule has 0 heterocycles. The molecule has 1 N–H and O–H groups in total. The Kier molecular flexibility index (Phi) is 2.85. The molecule has 82 valence electrons. The zero-order valence-corrected chi connectivity index (χ0v) is 9.31. The van der Waals surface area contributed by atoms with Crippen LogP contribution < -0.4 is 4.74 Å². The summed E-state index contributed by atoms with van der Waals surface area (Å²) in [5.41, 5.74) is 0. The van der Waals surface area contributed by atoms with Gasteiger partial charge in [0.25, 0.3) is 0 Å². The van der Waals surface area contributed by atoms with Gasteiger partial charge in [-0.05, 0) is 48.9 Å². The van der Waals surface area contributed by atoms with Gasteiger partial charge in [0.05, 0.1) is 0 Å². The van der Waals surface area contributed by atoms with Gasteiger partial charge >= 0.3 is 0 Å². The third-order valence-electron chi connectivity index (χ3n) is 3.17. The lowest BCUT2D eigenvalue weighted by atomic mass is 10.1. The molecule has 1 aromatic carbocycles. The van der Waals surface area contributed by atoms with E-state index in [1.54, 1.807) is 12.1 Å². The average Bonchev–Trinajstić information content (AvgIpc) is 2.49. The molecule has 0 spiro atoms. The van der Waals surface area contributed by atoms with Crippen molar-refractivity contribution in [2.24, 2.45) is 11.8 Å². The Morgan fingerprint density at radius 1 is 1.13 bits per heavy atom. The fourth-order valence-electron chi connectivity index (χ4n) is 2.38. The fourth-order valence-corrected chi connectivity index (χ4v) is 2.38. The first-order valence-corrected chi connectivity index (χ1v) is 5.61. The zero-order valence-electron chi connectivity index (χ0n) is 9.31. The Bertz CT molecular complexity index is 318. The molecule has 1 aliphatic carbocycles. The van der Waals surface area contributed by atoms with E-state index in [9.17, 15) is 0 Å². The molecule has 3 unspecified atom stereocenters. The molecule has 15 heavy (non-hydrogen) atoms. The van der Waals surface area contributed by atoms with Gasteiger partial charge in [0.15, 0.2) is 0 Å². The van der Waals surface area contributed by atoms with Crippen LogP contribution in [0.15, 0.2) is 24.3 Å². The van der Waals surface area contributed by atoms with E-state index in [4.69, 9.17) is 9.84 Å². The quantitative estimate of drug-likeness (QED) is 0.805. The minimum absolute atomic E-state index is 0.287. The number of phenolic OH excluding ortho intramolecular Hbond substituents is 1. The number of ether oxygens (including phenoxy) is 1. The van der Waals surface area contributed by atoms with E-state index in [-0.39, 0.29) is 5.75 Å². The van der Waals surface area contributed by atoms with Gasteiger partial charge in [-0.15, -0.1) is 0 Å². The van der Waals surface area contributed by atoms with E-state index in [1.165, 1.54) is 6.42 Å². The molecule has 1 fully saturated rings. The third kappa shape index (κ3) is 2.44. The van der Waals surface area contributed by atoms with Gasteiger partial charge in [-0.2, -0.15) is 0 Å². The molecule has 2 rings (SSSR count). The normalized spacial score (nSPS) is 30.4. The van der Waals surface area contributed by atoms with Crippen molar-refractivity contribution in [2.75, 3.05) is 0 Å². The second kappa shape index (κ2) is 4.13. The van der Waals surface area contributed by atoms with Crippen molar-refractivity contribution in [3.8, 4) is 11.5 Å². The van der Waals surface area contributed by atoms with Crippen molar-refractivity contribution in [2.45, 2.75) is 32.8 Å². The van der Waals surface area contributed by atoms with Gasteiger partial charge in [0.1, 0.15) is 17.6 Å². The van der Waals surface area contributed by atoms with Crippen LogP contribution in [0.4, 0.5) is 0 Å². The number of phenols is 1. The lowest BCUT2D eigenvalue weighted by molar-refractivity contribution is 0.166. The second-order valence-corrected chi connectivity index (χ2v) is 4.70. The summed E-state index contributed by atoms with van der Waals surface area (Å²) in [6.45, 7) is 4.52. The van der Waals surface area contributed by atoms with Crippen LogP contribution in [0, 0.1) is 11.8 Å². The van der Waals surface area contributed by atoms with E-state index in [1.807, 2.05) is 12.1 Å². The third-order valence-corrected chi connectivity index (χ3v) is 3.17. The molecule has 3 atom stereocenters. The Balaban J connectivity index is 2.00. The lowest BCUT2D eigenvalue weighted by Gasteiger charge is -2.17. The molecule has 0 bridgehead atoms. The number of rotatable bonds is 2. The van der Waals surface area contributed by atoms with Gasteiger partial charge in [0, 0.05) is 0 Å². The van der Waals surface area contributed by atoms with E-state index < -0.39 is 0 Å². The molecule has 0 aromatic heterocycles. The largest absolute Gasteiger partial charge is 0.508 e. The first kappa shape index (κ1) is 10.3. The first-order chi connectivity index (χ1) is 7.15. The summed E-state index contributed by atoms with van der Waals surface area (Å²) in [6.07, 6.45) is 2.73. The molecule has 1 aliphatic rings. The topological polar surface area (TPSA) is 29.5 Å². The maximum Gasteiger partial charge on any atom is 0.120 e. The summed E-state index contributed by atoms with van der Waals surface area (Å²) >= 11 is 0. The van der Waals surface area contributed by atoms with E-state index in [0.29, 0.717) is 12.0 Å². The van der Waals surface area contributed by atoms with Crippen LogP contribution in [0.25, 0.3) is 0 Å². The number of hydrogen-bond acceptors (Lipinski definition) is 2. The summed E-state index contributed by atoms with van der Waals surface area (Å²) in [5.74, 6) is 2.55. The average molecular weight is 206 g/mol. The highest BCUT2D eigenvalue weighted by Gasteiger charge is 2.30. The summed E-state index contributed by atoms with van der Waals surface area (Å²) in [4.78, 5) is 0. The van der Waals surface area contributed by atoms with Gasteiger partial charge in [-0.3, -0.25) is 0 Å². The fraction of sp³-hybridized carbons (Fsp3) is 0.538. The molecule has 2 nitrogen and oxygen atoms in total. The van der Waals surface area contributed by atoms with Crippen LogP contribution in [0.2, 0.25) is 0 Å². The lowest BCUT2D eigenvalue weighted by Crippen LogP contribution is -2.18. The van der Waals surface area contributed by atoms with Crippen molar-refractivity contribution < 1.29 is 9.84 Å². The molecule has 2 heteroatoms. The minimum atomic E-state index is 0.287. The SMILES string of the molecule is CC1CC(C)C(Oc2ccc(O)cc2)C1.